The third-order valence-corrected chi connectivity index (χ3v) is 3.15. The highest BCUT2D eigenvalue weighted by molar-refractivity contribution is 5.79. The van der Waals surface area contributed by atoms with Crippen molar-refractivity contribution in [1.29, 1.82) is 0 Å². The van der Waals surface area contributed by atoms with Crippen molar-refractivity contribution in [2.45, 2.75) is 26.7 Å². The van der Waals surface area contributed by atoms with Gasteiger partial charge in [-0.2, -0.15) is 0 Å². The lowest BCUT2D eigenvalue weighted by atomic mass is 10.2. The molecule has 3 nitrogen and oxygen atoms in total. The zero-order valence-corrected chi connectivity index (χ0v) is 12.4. The predicted octanol–water partition coefficient (Wildman–Crippen LogP) is 3.64. The summed E-state index contributed by atoms with van der Waals surface area (Å²) in [7, 11) is 0. The van der Waals surface area contributed by atoms with E-state index in [1.807, 2.05) is 24.4 Å². The highest BCUT2D eigenvalue weighted by atomic mass is 16.5. The Morgan fingerprint density at radius 3 is 2.95 bits per heavy atom. The van der Waals surface area contributed by atoms with Crippen LogP contribution >= 0.6 is 0 Å². The molecule has 2 rings (SSSR count). The maximum Gasteiger partial charge on any atom is 0.121 e. The summed E-state index contributed by atoms with van der Waals surface area (Å²) >= 11 is 0. The number of pyridine rings is 1. The summed E-state index contributed by atoms with van der Waals surface area (Å²) in [5.74, 6) is 1.63. The van der Waals surface area contributed by atoms with Crippen LogP contribution in [0.1, 0.15) is 26.7 Å². The minimum atomic E-state index is 0.719. The maximum absolute atomic E-state index is 5.77. The Bertz CT molecular complexity index is 525. The fraction of sp³-hybridized carbons (Fsp3) is 0.471. The first-order chi connectivity index (χ1) is 9.75. The maximum atomic E-state index is 5.77. The van der Waals surface area contributed by atoms with Gasteiger partial charge in [0.15, 0.2) is 0 Å². The Kier molecular flexibility index (Phi) is 5.81. The van der Waals surface area contributed by atoms with Crippen molar-refractivity contribution in [2.24, 2.45) is 5.92 Å². The Labute approximate surface area is 121 Å². The van der Waals surface area contributed by atoms with Gasteiger partial charge in [-0.15, -0.1) is 0 Å². The average Bonchev–Trinajstić information content (AvgIpc) is 2.46. The molecule has 0 unspecified atom stereocenters. The monoisotopic (exact) mass is 272 g/mol. The van der Waals surface area contributed by atoms with Crippen molar-refractivity contribution < 1.29 is 4.74 Å². The SMILES string of the molecule is CC(C)CNCCCCOc1ccc2cccnc2c1. The molecule has 0 saturated heterocycles. The van der Waals surface area contributed by atoms with Crippen LogP contribution in [0.25, 0.3) is 10.9 Å². The summed E-state index contributed by atoms with van der Waals surface area (Å²) in [6, 6.07) is 10.1. The second kappa shape index (κ2) is 7.85. The van der Waals surface area contributed by atoms with E-state index >= 15 is 0 Å². The molecule has 0 aliphatic rings. The first kappa shape index (κ1) is 14.8. The van der Waals surface area contributed by atoms with E-state index in [1.54, 1.807) is 0 Å². The van der Waals surface area contributed by atoms with E-state index in [-0.39, 0.29) is 0 Å². The topological polar surface area (TPSA) is 34.1 Å². The molecule has 0 bridgehead atoms. The Morgan fingerprint density at radius 1 is 1.20 bits per heavy atom. The van der Waals surface area contributed by atoms with E-state index in [0.29, 0.717) is 0 Å². The van der Waals surface area contributed by atoms with Crippen LogP contribution in [0.4, 0.5) is 0 Å². The molecule has 1 aromatic carbocycles. The third-order valence-electron chi connectivity index (χ3n) is 3.15. The number of unbranched alkanes of at least 4 members (excludes halogenated alkanes) is 1. The molecule has 108 valence electrons. The summed E-state index contributed by atoms with van der Waals surface area (Å²) in [4.78, 5) is 4.34. The Balaban J connectivity index is 1.68. The molecule has 2 aromatic rings. The van der Waals surface area contributed by atoms with Gasteiger partial charge >= 0.3 is 0 Å². The smallest absolute Gasteiger partial charge is 0.121 e. The molecule has 0 radical (unpaired) electrons. The van der Waals surface area contributed by atoms with Gasteiger partial charge in [-0.05, 0) is 50.0 Å². The zero-order valence-electron chi connectivity index (χ0n) is 12.4. The van der Waals surface area contributed by atoms with Crippen LogP contribution in [0, 0.1) is 5.92 Å². The molecule has 20 heavy (non-hydrogen) atoms. The molecule has 1 N–H and O–H groups in total. The molecule has 0 spiro atoms. The van der Waals surface area contributed by atoms with Crippen LogP contribution in [-0.2, 0) is 0 Å². The third kappa shape index (κ3) is 4.82. The normalized spacial score (nSPS) is 11.2. The molecule has 0 aliphatic carbocycles. The largest absolute Gasteiger partial charge is 0.494 e. The quantitative estimate of drug-likeness (QED) is 0.745. The van der Waals surface area contributed by atoms with Gasteiger partial charge in [0.05, 0.1) is 12.1 Å². The van der Waals surface area contributed by atoms with Crippen molar-refractivity contribution in [3.05, 3.63) is 36.5 Å². The zero-order chi connectivity index (χ0) is 14.2. The number of benzene rings is 1. The first-order valence-corrected chi connectivity index (χ1v) is 7.44. The number of hydrogen-bond acceptors (Lipinski definition) is 3. The molecular weight excluding hydrogens is 248 g/mol. The Morgan fingerprint density at radius 2 is 2.10 bits per heavy atom. The number of nitrogens with one attached hydrogen (secondary N) is 1. The molecule has 0 atom stereocenters. The lowest BCUT2D eigenvalue weighted by molar-refractivity contribution is 0.305. The number of hydrogen-bond donors (Lipinski definition) is 1. The van der Waals surface area contributed by atoms with Crippen molar-refractivity contribution in [2.75, 3.05) is 19.7 Å². The van der Waals surface area contributed by atoms with Crippen molar-refractivity contribution in [3.8, 4) is 5.75 Å². The summed E-state index contributed by atoms with van der Waals surface area (Å²) in [5, 5.41) is 4.59. The van der Waals surface area contributed by atoms with Crippen molar-refractivity contribution >= 4 is 10.9 Å². The van der Waals surface area contributed by atoms with Gasteiger partial charge in [0.1, 0.15) is 5.75 Å². The summed E-state index contributed by atoms with van der Waals surface area (Å²) in [6.45, 7) is 7.38. The second-order valence-corrected chi connectivity index (χ2v) is 5.51. The second-order valence-electron chi connectivity index (χ2n) is 5.51. The van der Waals surface area contributed by atoms with Crippen LogP contribution in [0.15, 0.2) is 36.5 Å². The minimum absolute atomic E-state index is 0.719. The predicted molar refractivity (Wildman–Crippen MR) is 84.2 cm³/mol. The molecule has 0 saturated carbocycles. The molecule has 3 heteroatoms. The fourth-order valence-electron chi connectivity index (χ4n) is 2.07. The van der Waals surface area contributed by atoms with E-state index in [4.69, 9.17) is 4.74 Å². The summed E-state index contributed by atoms with van der Waals surface area (Å²) < 4.78 is 5.77. The van der Waals surface area contributed by atoms with Crippen molar-refractivity contribution in [3.63, 3.8) is 0 Å². The highest BCUT2D eigenvalue weighted by Crippen LogP contribution is 2.18. The number of nitrogens with zero attached hydrogens (tertiary/aromatic N) is 1. The highest BCUT2D eigenvalue weighted by Gasteiger charge is 1.98. The summed E-state index contributed by atoms with van der Waals surface area (Å²) in [5.41, 5.74) is 0.989. The summed E-state index contributed by atoms with van der Waals surface area (Å²) in [6.07, 6.45) is 4.04. The van der Waals surface area contributed by atoms with Gasteiger partial charge in [0.25, 0.3) is 0 Å². The lowest BCUT2D eigenvalue weighted by Gasteiger charge is -2.08. The average molecular weight is 272 g/mol. The molecular formula is C17H24N2O. The standard InChI is InChI=1S/C17H24N2O/c1-14(2)13-18-9-3-4-11-20-16-8-7-15-6-5-10-19-17(15)12-16/h5-8,10,12,14,18H,3-4,9,11,13H2,1-2H3. The fourth-order valence-corrected chi connectivity index (χ4v) is 2.07. The first-order valence-electron chi connectivity index (χ1n) is 7.44. The number of rotatable bonds is 8. The Hall–Kier alpha value is -1.61. The molecule has 0 fully saturated rings. The molecule has 0 amide bonds. The molecule has 1 heterocycles. The molecule has 1 aromatic heterocycles. The van der Waals surface area contributed by atoms with Crippen LogP contribution in [-0.4, -0.2) is 24.7 Å². The lowest BCUT2D eigenvalue weighted by Crippen LogP contribution is -2.21. The van der Waals surface area contributed by atoms with Gasteiger partial charge in [-0.25, -0.2) is 0 Å². The van der Waals surface area contributed by atoms with Crippen LogP contribution < -0.4 is 10.1 Å². The minimum Gasteiger partial charge on any atom is -0.494 e. The van der Waals surface area contributed by atoms with E-state index in [2.05, 4.69) is 36.3 Å². The van der Waals surface area contributed by atoms with Gasteiger partial charge in [0.2, 0.25) is 0 Å². The van der Waals surface area contributed by atoms with Crippen molar-refractivity contribution in [1.82, 2.24) is 10.3 Å². The number of aromatic nitrogens is 1. The van der Waals surface area contributed by atoms with Gasteiger partial charge in [-0.3, -0.25) is 4.98 Å². The van der Waals surface area contributed by atoms with Gasteiger partial charge < -0.3 is 10.1 Å². The number of fused-ring (bicyclic) bond motifs is 1. The molecule has 0 aliphatic heterocycles. The van der Waals surface area contributed by atoms with E-state index in [0.717, 1.165) is 55.1 Å². The van der Waals surface area contributed by atoms with Crippen LogP contribution in [0.5, 0.6) is 5.75 Å². The van der Waals surface area contributed by atoms with Gasteiger partial charge in [0, 0.05) is 17.6 Å². The van der Waals surface area contributed by atoms with Crippen LogP contribution in [0.2, 0.25) is 0 Å². The van der Waals surface area contributed by atoms with E-state index in [1.165, 1.54) is 0 Å². The van der Waals surface area contributed by atoms with E-state index < -0.39 is 0 Å². The van der Waals surface area contributed by atoms with E-state index in [9.17, 15) is 0 Å². The van der Waals surface area contributed by atoms with Gasteiger partial charge in [-0.1, -0.05) is 19.9 Å². The number of ether oxygens (including phenoxy) is 1. The van der Waals surface area contributed by atoms with Crippen LogP contribution in [0.3, 0.4) is 0 Å².